The standard InChI is InChI=1S/C14H12N2OS2/c1-2-16-13(17)12(19-14(16)18)7-9-8-15-11-6-4-3-5-10(9)11/h3-9H,2H2,1H3/b12-7+. The Balaban J connectivity index is 1.91. The topological polar surface area (TPSA) is 32.7 Å². The fourth-order valence-electron chi connectivity index (χ4n) is 2.21. The highest BCUT2D eigenvalue weighted by molar-refractivity contribution is 8.26. The third-order valence-corrected chi connectivity index (χ3v) is 4.59. The number of aliphatic imine (C=N–C) groups is 1. The van der Waals surface area contributed by atoms with Gasteiger partial charge < -0.3 is 0 Å². The van der Waals surface area contributed by atoms with Gasteiger partial charge in [-0.05, 0) is 18.6 Å². The quantitative estimate of drug-likeness (QED) is 0.618. The lowest BCUT2D eigenvalue weighted by atomic mass is 10.0. The molecule has 0 spiro atoms. The molecular formula is C14H12N2OS2. The van der Waals surface area contributed by atoms with Crippen LogP contribution >= 0.6 is 24.0 Å². The molecule has 1 fully saturated rings. The molecule has 0 saturated carbocycles. The average Bonchev–Trinajstić information content (AvgIpc) is 2.93. The van der Waals surface area contributed by atoms with Gasteiger partial charge in [-0.1, -0.05) is 48.3 Å². The Morgan fingerprint density at radius 2 is 2.26 bits per heavy atom. The molecule has 0 aliphatic carbocycles. The zero-order valence-corrected chi connectivity index (χ0v) is 12.0. The third kappa shape index (κ3) is 2.13. The fourth-order valence-corrected chi connectivity index (χ4v) is 3.61. The number of carbonyl (C=O) groups is 1. The minimum atomic E-state index is 0.00952. The Bertz CT molecular complexity index is 622. The van der Waals surface area contributed by atoms with Crippen LogP contribution in [-0.4, -0.2) is 27.9 Å². The van der Waals surface area contributed by atoms with Gasteiger partial charge in [-0.15, -0.1) is 0 Å². The summed E-state index contributed by atoms with van der Waals surface area (Å²) in [6.07, 6.45) is 3.84. The number of thiocarbonyl (C=S) groups is 1. The van der Waals surface area contributed by atoms with Crippen LogP contribution in [0.3, 0.4) is 0 Å². The molecule has 1 amide bonds. The number of nitrogens with zero attached hydrogens (tertiary/aromatic N) is 2. The summed E-state index contributed by atoms with van der Waals surface area (Å²) in [5.41, 5.74) is 2.12. The molecule has 1 aromatic rings. The summed E-state index contributed by atoms with van der Waals surface area (Å²) in [4.78, 5) is 18.9. The first-order chi connectivity index (χ1) is 9.20. The predicted octanol–water partition coefficient (Wildman–Crippen LogP) is 3.25. The smallest absolute Gasteiger partial charge is 0.265 e. The minimum Gasteiger partial charge on any atom is -0.293 e. The van der Waals surface area contributed by atoms with E-state index < -0.39 is 0 Å². The Kier molecular flexibility index (Phi) is 3.24. The van der Waals surface area contributed by atoms with Crippen molar-refractivity contribution in [3.63, 3.8) is 0 Å². The number of carbonyl (C=O) groups excluding carboxylic acids is 1. The second-order valence-corrected chi connectivity index (χ2v) is 5.99. The first kappa shape index (κ1) is 12.6. The summed E-state index contributed by atoms with van der Waals surface area (Å²) in [6.45, 7) is 2.55. The highest BCUT2D eigenvalue weighted by Crippen LogP contribution is 2.37. The number of hydrogen-bond donors (Lipinski definition) is 0. The van der Waals surface area contributed by atoms with Crippen molar-refractivity contribution in [1.29, 1.82) is 0 Å². The van der Waals surface area contributed by atoms with Crippen LogP contribution in [0.4, 0.5) is 5.69 Å². The maximum atomic E-state index is 12.2. The van der Waals surface area contributed by atoms with E-state index in [1.54, 1.807) is 4.90 Å². The van der Waals surface area contributed by atoms with Crippen LogP contribution in [0.1, 0.15) is 18.4 Å². The maximum Gasteiger partial charge on any atom is 0.265 e. The van der Waals surface area contributed by atoms with Gasteiger partial charge in [0, 0.05) is 18.7 Å². The monoisotopic (exact) mass is 288 g/mol. The summed E-state index contributed by atoms with van der Waals surface area (Å²) in [5, 5.41) is 0. The second-order valence-electron chi connectivity index (χ2n) is 4.31. The molecule has 96 valence electrons. The molecule has 1 aromatic carbocycles. The summed E-state index contributed by atoms with van der Waals surface area (Å²) in [7, 11) is 0. The lowest BCUT2D eigenvalue weighted by Gasteiger charge is -2.09. The van der Waals surface area contributed by atoms with E-state index in [0.29, 0.717) is 15.8 Å². The molecule has 0 radical (unpaired) electrons. The first-order valence-corrected chi connectivity index (χ1v) is 7.31. The van der Waals surface area contributed by atoms with Gasteiger partial charge >= 0.3 is 0 Å². The summed E-state index contributed by atoms with van der Waals surface area (Å²) in [6, 6.07) is 7.99. The summed E-state index contributed by atoms with van der Waals surface area (Å²) in [5.74, 6) is 0.0811. The third-order valence-electron chi connectivity index (χ3n) is 3.19. The number of hydrogen-bond acceptors (Lipinski definition) is 4. The van der Waals surface area contributed by atoms with Gasteiger partial charge in [0.15, 0.2) is 0 Å². The maximum absolute atomic E-state index is 12.2. The zero-order valence-electron chi connectivity index (χ0n) is 10.4. The number of benzene rings is 1. The van der Waals surface area contributed by atoms with Gasteiger partial charge in [0.05, 0.1) is 10.6 Å². The zero-order chi connectivity index (χ0) is 13.4. The number of rotatable bonds is 2. The Morgan fingerprint density at radius 1 is 1.47 bits per heavy atom. The van der Waals surface area contributed by atoms with Gasteiger partial charge in [-0.25, -0.2) is 0 Å². The van der Waals surface area contributed by atoms with E-state index in [0.717, 1.165) is 11.3 Å². The lowest BCUT2D eigenvalue weighted by molar-refractivity contribution is -0.122. The van der Waals surface area contributed by atoms with Gasteiger partial charge in [-0.3, -0.25) is 14.7 Å². The van der Waals surface area contributed by atoms with E-state index in [4.69, 9.17) is 12.2 Å². The van der Waals surface area contributed by atoms with Crippen LogP contribution < -0.4 is 0 Å². The Morgan fingerprint density at radius 3 is 3.00 bits per heavy atom. The summed E-state index contributed by atoms with van der Waals surface area (Å²) >= 11 is 6.58. The van der Waals surface area contributed by atoms with Crippen molar-refractivity contribution in [2.75, 3.05) is 6.54 Å². The molecule has 1 atom stereocenters. The van der Waals surface area contributed by atoms with Crippen LogP contribution in [0.5, 0.6) is 0 Å². The highest BCUT2D eigenvalue weighted by Gasteiger charge is 2.31. The van der Waals surface area contributed by atoms with E-state index in [1.165, 1.54) is 11.8 Å². The predicted molar refractivity (Wildman–Crippen MR) is 83.0 cm³/mol. The number of fused-ring (bicyclic) bond motifs is 1. The van der Waals surface area contributed by atoms with Crippen LogP contribution in [0, 0.1) is 0 Å². The molecular weight excluding hydrogens is 276 g/mol. The van der Waals surface area contributed by atoms with Crippen molar-refractivity contribution in [2.45, 2.75) is 12.8 Å². The molecule has 2 heterocycles. The Labute approximate surface area is 121 Å². The number of thioether (sulfide) groups is 1. The normalized spacial score (nSPS) is 23.5. The molecule has 0 N–H and O–H groups in total. The number of amides is 1. The Hall–Kier alpha value is -1.46. The molecule has 19 heavy (non-hydrogen) atoms. The molecule has 5 heteroatoms. The van der Waals surface area contributed by atoms with E-state index >= 15 is 0 Å². The molecule has 1 saturated heterocycles. The van der Waals surface area contributed by atoms with Gasteiger partial charge in [0.2, 0.25) is 0 Å². The molecule has 0 aromatic heterocycles. The largest absolute Gasteiger partial charge is 0.293 e. The van der Waals surface area contributed by atoms with Crippen molar-refractivity contribution in [3.05, 3.63) is 40.8 Å². The van der Waals surface area contributed by atoms with Gasteiger partial charge in [0.1, 0.15) is 4.32 Å². The first-order valence-electron chi connectivity index (χ1n) is 6.09. The molecule has 3 rings (SSSR count). The van der Waals surface area contributed by atoms with Crippen LogP contribution in [0.15, 0.2) is 40.2 Å². The molecule has 2 aliphatic rings. The lowest BCUT2D eigenvalue weighted by Crippen LogP contribution is -2.27. The molecule has 2 aliphatic heterocycles. The van der Waals surface area contributed by atoms with Gasteiger partial charge in [-0.2, -0.15) is 0 Å². The van der Waals surface area contributed by atoms with Crippen molar-refractivity contribution < 1.29 is 4.79 Å². The number of allylic oxidation sites excluding steroid dienone is 1. The van der Waals surface area contributed by atoms with Crippen LogP contribution in [0.25, 0.3) is 0 Å². The summed E-state index contributed by atoms with van der Waals surface area (Å²) < 4.78 is 0.641. The van der Waals surface area contributed by atoms with Gasteiger partial charge in [0.25, 0.3) is 5.91 Å². The molecule has 1 unspecified atom stereocenters. The van der Waals surface area contributed by atoms with Crippen molar-refractivity contribution in [1.82, 2.24) is 4.90 Å². The highest BCUT2D eigenvalue weighted by atomic mass is 32.2. The molecule has 3 nitrogen and oxygen atoms in total. The number of para-hydroxylation sites is 1. The van der Waals surface area contributed by atoms with E-state index in [1.807, 2.05) is 43.5 Å². The molecule has 0 bridgehead atoms. The second kappa shape index (κ2) is 4.90. The van der Waals surface area contributed by atoms with Crippen LogP contribution in [0.2, 0.25) is 0 Å². The van der Waals surface area contributed by atoms with E-state index in [-0.39, 0.29) is 11.8 Å². The number of likely N-dealkylation sites (N-methyl/N-ethyl adjacent to an activating group) is 1. The van der Waals surface area contributed by atoms with E-state index in [2.05, 4.69) is 4.99 Å². The SMILES string of the molecule is CCN1C(=O)/C(=C\C2C=Nc3ccccc32)SC1=S. The van der Waals surface area contributed by atoms with Crippen LogP contribution in [-0.2, 0) is 4.79 Å². The van der Waals surface area contributed by atoms with Crippen molar-refractivity contribution in [3.8, 4) is 0 Å². The fraction of sp³-hybridized carbons (Fsp3) is 0.214. The van der Waals surface area contributed by atoms with Crippen molar-refractivity contribution >= 4 is 46.1 Å². The van der Waals surface area contributed by atoms with Crippen molar-refractivity contribution in [2.24, 2.45) is 4.99 Å². The average molecular weight is 288 g/mol. The minimum absolute atomic E-state index is 0.00952. The van der Waals surface area contributed by atoms with E-state index in [9.17, 15) is 4.79 Å².